The molecule has 1 aromatic rings. The van der Waals surface area contributed by atoms with Gasteiger partial charge in [-0.05, 0) is 38.4 Å². The van der Waals surface area contributed by atoms with E-state index < -0.39 is 0 Å². The van der Waals surface area contributed by atoms with Crippen molar-refractivity contribution < 1.29 is 0 Å². The van der Waals surface area contributed by atoms with E-state index in [1.807, 2.05) is 0 Å². The molecule has 1 aliphatic rings. The highest BCUT2D eigenvalue weighted by Gasteiger charge is 2.15. The van der Waals surface area contributed by atoms with Gasteiger partial charge < -0.3 is 15.2 Å². The van der Waals surface area contributed by atoms with Gasteiger partial charge >= 0.3 is 0 Å². The highest BCUT2D eigenvalue weighted by Crippen LogP contribution is 2.18. The summed E-state index contributed by atoms with van der Waals surface area (Å²) in [5.74, 6) is 2.64. The Morgan fingerprint density at radius 2 is 2.00 bits per heavy atom. The topological polar surface area (TPSA) is 67.1 Å². The average Bonchev–Trinajstić information content (AvgIpc) is 3.00. The van der Waals surface area contributed by atoms with E-state index in [2.05, 4.69) is 52.4 Å². The molecule has 27 heavy (non-hydrogen) atoms. The van der Waals surface area contributed by atoms with Crippen molar-refractivity contribution in [2.24, 2.45) is 10.9 Å². The Morgan fingerprint density at radius 3 is 2.63 bits per heavy atom. The number of aryl methyl sites for hydroxylation is 1. The monoisotopic (exact) mass is 508 g/mol. The average molecular weight is 509 g/mol. The third-order valence-electron chi connectivity index (χ3n) is 4.64. The maximum absolute atomic E-state index is 4.77. The third kappa shape index (κ3) is 8.58. The van der Waals surface area contributed by atoms with Crippen molar-refractivity contribution in [2.75, 3.05) is 19.3 Å². The Hall–Kier alpha value is -0.510. The van der Waals surface area contributed by atoms with Gasteiger partial charge in [-0.1, -0.05) is 44.9 Å². The number of rotatable bonds is 9. The van der Waals surface area contributed by atoms with Gasteiger partial charge in [-0.25, -0.2) is 0 Å². The molecule has 0 aliphatic heterocycles. The van der Waals surface area contributed by atoms with E-state index in [1.165, 1.54) is 32.1 Å². The molecule has 0 aromatic carbocycles. The highest BCUT2D eigenvalue weighted by molar-refractivity contribution is 14.0. The van der Waals surface area contributed by atoms with Gasteiger partial charge in [0.25, 0.3) is 0 Å². The summed E-state index contributed by atoms with van der Waals surface area (Å²) in [4.78, 5) is 4.77. The van der Waals surface area contributed by atoms with E-state index in [4.69, 9.17) is 4.99 Å². The van der Waals surface area contributed by atoms with Crippen molar-refractivity contribution in [2.45, 2.75) is 83.5 Å². The second-order valence-corrected chi connectivity index (χ2v) is 8.22. The van der Waals surface area contributed by atoms with Crippen LogP contribution in [0.3, 0.4) is 0 Å². The molecule has 1 fully saturated rings. The summed E-state index contributed by atoms with van der Waals surface area (Å²) in [7, 11) is 0. The van der Waals surface area contributed by atoms with Crippen molar-refractivity contribution in [1.29, 1.82) is 0 Å². The fourth-order valence-electron chi connectivity index (χ4n) is 3.39. The third-order valence-corrected chi connectivity index (χ3v) is 5.31. The van der Waals surface area contributed by atoms with Crippen LogP contribution in [-0.4, -0.2) is 46.1 Å². The number of nitrogens with zero attached hydrogens (tertiary/aromatic N) is 4. The van der Waals surface area contributed by atoms with Gasteiger partial charge in [0.15, 0.2) is 11.1 Å². The Kier molecular flexibility index (Phi) is 12.4. The molecule has 1 heterocycles. The highest BCUT2D eigenvalue weighted by atomic mass is 127. The number of thioether (sulfide) groups is 1. The van der Waals surface area contributed by atoms with Crippen LogP contribution < -0.4 is 10.6 Å². The van der Waals surface area contributed by atoms with Crippen molar-refractivity contribution in [3.63, 3.8) is 0 Å². The molecule has 0 radical (unpaired) electrons. The van der Waals surface area contributed by atoms with Crippen LogP contribution in [0.15, 0.2) is 10.1 Å². The first kappa shape index (κ1) is 24.5. The molecule has 1 saturated carbocycles. The Balaban J connectivity index is 0.00000364. The second-order valence-electron chi connectivity index (χ2n) is 7.45. The minimum absolute atomic E-state index is 0. The predicted octanol–water partition coefficient (Wildman–Crippen LogP) is 4.09. The molecule has 2 N–H and O–H groups in total. The second kappa shape index (κ2) is 13.6. The van der Waals surface area contributed by atoms with Crippen LogP contribution in [-0.2, 0) is 13.0 Å². The van der Waals surface area contributed by atoms with Crippen LogP contribution in [0.25, 0.3) is 0 Å². The van der Waals surface area contributed by atoms with Crippen LogP contribution >= 0.6 is 35.7 Å². The largest absolute Gasteiger partial charge is 0.357 e. The van der Waals surface area contributed by atoms with E-state index in [1.54, 1.807) is 11.8 Å². The zero-order chi connectivity index (χ0) is 18.8. The first-order chi connectivity index (χ1) is 12.6. The number of nitrogens with one attached hydrogen (secondary N) is 2. The van der Waals surface area contributed by atoms with Gasteiger partial charge in [-0.3, -0.25) is 4.99 Å². The quantitative estimate of drug-likeness (QED) is 0.173. The van der Waals surface area contributed by atoms with Crippen LogP contribution in [0.1, 0.15) is 65.1 Å². The summed E-state index contributed by atoms with van der Waals surface area (Å²) < 4.78 is 2.27. The molecule has 0 unspecified atom stereocenters. The van der Waals surface area contributed by atoms with Gasteiger partial charge in [0, 0.05) is 32.1 Å². The van der Waals surface area contributed by atoms with Gasteiger partial charge in [-0.15, -0.1) is 34.2 Å². The molecule has 156 valence electrons. The lowest BCUT2D eigenvalue weighted by Crippen LogP contribution is -2.44. The molecule has 0 amide bonds. The fraction of sp³-hybridized carbons (Fsp3) is 0.842. The lowest BCUT2D eigenvalue weighted by Gasteiger charge is -2.24. The molecule has 0 atom stereocenters. The maximum Gasteiger partial charge on any atom is 0.191 e. The minimum Gasteiger partial charge on any atom is -0.357 e. The Bertz CT molecular complexity index is 554. The number of hydrogen-bond donors (Lipinski definition) is 2. The molecule has 1 aliphatic carbocycles. The molecule has 0 bridgehead atoms. The first-order valence-electron chi connectivity index (χ1n) is 10.1. The van der Waals surface area contributed by atoms with E-state index in [-0.39, 0.29) is 24.0 Å². The van der Waals surface area contributed by atoms with Gasteiger partial charge in [0.1, 0.15) is 5.82 Å². The van der Waals surface area contributed by atoms with Gasteiger partial charge in [0.05, 0.1) is 0 Å². The number of halogens is 1. The van der Waals surface area contributed by atoms with E-state index in [0.717, 1.165) is 49.4 Å². The number of aliphatic imine (C=N–C) groups is 1. The van der Waals surface area contributed by atoms with Crippen LogP contribution in [0.5, 0.6) is 0 Å². The van der Waals surface area contributed by atoms with Gasteiger partial charge in [0.2, 0.25) is 0 Å². The van der Waals surface area contributed by atoms with E-state index >= 15 is 0 Å². The fourth-order valence-corrected chi connectivity index (χ4v) is 3.91. The minimum atomic E-state index is 0. The number of guanidine groups is 1. The summed E-state index contributed by atoms with van der Waals surface area (Å²) >= 11 is 1.67. The Labute approximate surface area is 186 Å². The molecular formula is C19H37IN6S. The van der Waals surface area contributed by atoms with Crippen molar-refractivity contribution in [3.05, 3.63) is 5.82 Å². The van der Waals surface area contributed by atoms with Crippen LogP contribution in [0.4, 0.5) is 0 Å². The zero-order valence-electron chi connectivity index (χ0n) is 17.3. The van der Waals surface area contributed by atoms with E-state index in [0.29, 0.717) is 12.0 Å². The van der Waals surface area contributed by atoms with Gasteiger partial charge in [-0.2, -0.15) is 0 Å². The smallest absolute Gasteiger partial charge is 0.191 e. The molecule has 0 saturated heterocycles. The SMILES string of the molecule is CCNC(=NCCCc1nnc(SC)n1CC(C)C)NC1CCCCC1.I. The number of hydrogen-bond acceptors (Lipinski definition) is 4. The van der Waals surface area contributed by atoms with Crippen LogP contribution in [0.2, 0.25) is 0 Å². The molecular weight excluding hydrogens is 471 g/mol. The molecule has 0 spiro atoms. The van der Waals surface area contributed by atoms with E-state index in [9.17, 15) is 0 Å². The predicted molar refractivity (Wildman–Crippen MR) is 126 cm³/mol. The van der Waals surface area contributed by atoms with Crippen molar-refractivity contribution >= 4 is 41.7 Å². The summed E-state index contributed by atoms with van der Waals surface area (Å²) in [6, 6.07) is 0.583. The molecule has 2 rings (SSSR count). The zero-order valence-corrected chi connectivity index (χ0v) is 20.5. The van der Waals surface area contributed by atoms with Crippen LogP contribution in [0, 0.1) is 5.92 Å². The molecule has 6 nitrogen and oxygen atoms in total. The summed E-state index contributed by atoms with van der Waals surface area (Å²) in [5.41, 5.74) is 0. The van der Waals surface area contributed by atoms with Crippen molar-refractivity contribution in [3.8, 4) is 0 Å². The normalized spacial score (nSPS) is 15.7. The van der Waals surface area contributed by atoms with Crippen molar-refractivity contribution in [1.82, 2.24) is 25.4 Å². The summed E-state index contributed by atoms with van der Waals surface area (Å²) in [6.45, 7) is 9.28. The maximum atomic E-state index is 4.77. The summed E-state index contributed by atoms with van der Waals surface area (Å²) in [6.07, 6.45) is 10.6. The lowest BCUT2D eigenvalue weighted by atomic mass is 9.96. The summed E-state index contributed by atoms with van der Waals surface area (Å²) in [5, 5.41) is 16.7. The number of aromatic nitrogens is 3. The first-order valence-corrected chi connectivity index (χ1v) is 11.4. The Morgan fingerprint density at radius 1 is 1.26 bits per heavy atom. The molecule has 1 aromatic heterocycles. The molecule has 8 heteroatoms. The standard InChI is InChI=1S/C19H36N6S.HI/c1-5-20-18(22-16-10-7-6-8-11-16)21-13-9-12-17-23-24-19(26-4)25(17)14-15(2)3;/h15-16H,5-14H2,1-4H3,(H2,20,21,22);1H. The lowest BCUT2D eigenvalue weighted by molar-refractivity contribution is 0.410.